The molecule has 4 rings (SSSR count). The van der Waals surface area contributed by atoms with Gasteiger partial charge in [-0.05, 0) is 54.5 Å². The highest BCUT2D eigenvalue weighted by atomic mass is 35.5. The quantitative estimate of drug-likeness (QED) is 0.721. The summed E-state index contributed by atoms with van der Waals surface area (Å²) in [6.45, 7) is 1.65. The minimum Gasteiger partial charge on any atom is -0.343 e. The molecule has 1 fully saturated rings. The van der Waals surface area contributed by atoms with E-state index in [0.29, 0.717) is 6.54 Å². The molecular formula is C20H21ClN2. The van der Waals surface area contributed by atoms with Gasteiger partial charge in [0.15, 0.2) is 0 Å². The van der Waals surface area contributed by atoms with Gasteiger partial charge in [-0.15, -0.1) is 0 Å². The Hall–Kier alpha value is -1.77. The Morgan fingerprint density at radius 2 is 1.87 bits per heavy atom. The zero-order valence-electron chi connectivity index (χ0n) is 13.1. The van der Waals surface area contributed by atoms with Gasteiger partial charge < -0.3 is 10.3 Å². The molecule has 0 spiro atoms. The van der Waals surface area contributed by atoms with Crippen molar-refractivity contribution in [3.05, 3.63) is 70.4 Å². The monoisotopic (exact) mass is 324 g/mol. The Morgan fingerprint density at radius 1 is 1.09 bits per heavy atom. The van der Waals surface area contributed by atoms with Crippen LogP contribution in [0.5, 0.6) is 0 Å². The third-order valence-electron chi connectivity index (χ3n) is 4.80. The van der Waals surface area contributed by atoms with Crippen LogP contribution < -0.4 is 5.73 Å². The van der Waals surface area contributed by atoms with Crippen LogP contribution in [0.2, 0.25) is 5.02 Å². The fraction of sp³-hybridized carbons (Fsp3) is 0.300. The van der Waals surface area contributed by atoms with Crippen LogP contribution in [-0.2, 0) is 19.5 Å². The Balaban J connectivity index is 1.87. The van der Waals surface area contributed by atoms with E-state index < -0.39 is 0 Å². The van der Waals surface area contributed by atoms with E-state index in [1.165, 1.54) is 40.6 Å². The number of halogens is 1. The van der Waals surface area contributed by atoms with Crippen molar-refractivity contribution in [3.8, 4) is 0 Å². The molecule has 3 heteroatoms. The first-order valence-corrected chi connectivity index (χ1v) is 8.67. The largest absolute Gasteiger partial charge is 0.343 e. The highest BCUT2D eigenvalue weighted by Crippen LogP contribution is 2.36. The fourth-order valence-electron chi connectivity index (χ4n) is 3.45. The van der Waals surface area contributed by atoms with E-state index >= 15 is 0 Å². The molecule has 0 unspecified atom stereocenters. The first-order valence-electron chi connectivity index (χ1n) is 8.29. The molecule has 2 nitrogen and oxygen atoms in total. The second-order valence-electron chi connectivity index (χ2n) is 6.51. The number of nitrogens with zero attached hydrogens (tertiary/aromatic N) is 1. The summed E-state index contributed by atoms with van der Waals surface area (Å²) in [4.78, 5) is 0. The first-order chi connectivity index (χ1) is 11.3. The molecule has 1 aromatic heterocycles. The topological polar surface area (TPSA) is 30.9 Å². The molecule has 23 heavy (non-hydrogen) atoms. The summed E-state index contributed by atoms with van der Waals surface area (Å²) in [6, 6.07) is 16.8. The van der Waals surface area contributed by atoms with Gasteiger partial charge in [0.2, 0.25) is 0 Å². The summed E-state index contributed by atoms with van der Waals surface area (Å²) >= 11 is 6.28. The maximum atomic E-state index is 6.28. The van der Waals surface area contributed by atoms with Gasteiger partial charge in [0, 0.05) is 34.7 Å². The molecule has 1 aliphatic rings. The van der Waals surface area contributed by atoms with E-state index in [1.54, 1.807) is 0 Å². The lowest BCUT2D eigenvalue weighted by Gasteiger charge is -2.10. The summed E-state index contributed by atoms with van der Waals surface area (Å²) < 4.78 is 2.43. The van der Waals surface area contributed by atoms with E-state index in [1.807, 2.05) is 6.07 Å². The molecule has 1 saturated carbocycles. The molecule has 2 N–H and O–H groups in total. The Labute approximate surface area is 141 Å². The zero-order chi connectivity index (χ0) is 15.8. The average molecular weight is 325 g/mol. The van der Waals surface area contributed by atoms with Gasteiger partial charge in [-0.2, -0.15) is 0 Å². The molecule has 0 saturated heterocycles. The molecule has 0 radical (unpaired) electrons. The standard InChI is InChI=1S/C20H21ClN2/c21-16-8-9-19-18(11-16)17(10-14-4-2-1-3-5-14)20(12-22)23(19)13-15-6-7-15/h1-5,8-9,11,15H,6-7,10,12-13,22H2. The number of nitrogens with two attached hydrogens (primary N) is 1. The van der Waals surface area contributed by atoms with Crippen molar-refractivity contribution < 1.29 is 0 Å². The van der Waals surface area contributed by atoms with Crippen molar-refractivity contribution in [3.63, 3.8) is 0 Å². The average Bonchev–Trinajstić information content (AvgIpc) is 3.34. The van der Waals surface area contributed by atoms with Gasteiger partial charge in [0.25, 0.3) is 0 Å². The lowest BCUT2D eigenvalue weighted by molar-refractivity contribution is 0.618. The summed E-state index contributed by atoms with van der Waals surface area (Å²) in [5.74, 6) is 0.816. The molecule has 1 heterocycles. The van der Waals surface area contributed by atoms with E-state index in [0.717, 1.165) is 23.9 Å². The minimum absolute atomic E-state index is 0.571. The van der Waals surface area contributed by atoms with Crippen molar-refractivity contribution in [2.24, 2.45) is 11.7 Å². The van der Waals surface area contributed by atoms with Crippen molar-refractivity contribution in [1.29, 1.82) is 0 Å². The fourth-order valence-corrected chi connectivity index (χ4v) is 3.62. The van der Waals surface area contributed by atoms with Gasteiger partial charge in [0.1, 0.15) is 0 Å². The van der Waals surface area contributed by atoms with E-state index in [9.17, 15) is 0 Å². The van der Waals surface area contributed by atoms with Crippen LogP contribution in [0.3, 0.4) is 0 Å². The predicted molar refractivity (Wildman–Crippen MR) is 96.8 cm³/mol. The highest BCUT2D eigenvalue weighted by Gasteiger charge is 2.25. The van der Waals surface area contributed by atoms with Crippen molar-refractivity contribution in [2.45, 2.75) is 32.4 Å². The van der Waals surface area contributed by atoms with Crippen LogP contribution in [-0.4, -0.2) is 4.57 Å². The number of rotatable bonds is 5. The predicted octanol–water partition coefficient (Wildman–Crippen LogP) is 4.75. The molecular weight excluding hydrogens is 304 g/mol. The summed E-state index contributed by atoms with van der Waals surface area (Å²) in [6.07, 6.45) is 3.58. The number of fused-ring (bicyclic) bond motifs is 1. The van der Waals surface area contributed by atoms with Crippen molar-refractivity contribution in [1.82, 2.24) is 4.57 Å². The Bertz CT molecular complexity index is 832. The molecule has 0 amide bonds. The summed E-state index contributed by atoms with van der Waals surface area (Å²) in [5.41, 5.74) is 11.3. The molecule has 0 atom stereocenters. The number of aromatic nitrogens is 1. The van der Waals surface area contributed by atoms with Crippen molar-refractivity contribution in [2.75, 3.05) is 0 Å². The highest BCUT2D eigenvalue weighted by molar-refractivity contribution is 6.31. The number of hydrogen-bond donors (Lipinski definition) is 1. The first kappa shape index (κ1) is 14.8. The van der Waals surface area contributed by atoms with Gasteiger partial charge >= 0.3 is 0 Å². The van der Waals surface area contributed by atoms with E-state index in [4.69, 9.17) is 17.3 Å². The smallest absolute Gasteiger partial charge is 0.0487 e. The minimum atomic E-state index is 0.571. The lowest BCUT2D eigenvalue weighted by Crippen LogP contribution is -2.10. The van der Waals surface area contributed by atoms with E-state index in [-0.39, 0.29) is 0 Å². The molecule has 118 valence electrons. The van der Waals surface area contributed by atoms with Crippen molar-refractivity contribution >= 4 is 22.5 Å². The van der Waals surface area contributed by atoms with Crippen LogP contribution in [0.1, 0.15) is 29.7 Å². The number of hydrogen-bond acceptors (Lipinski definition) is 1. The lowest BCUT2D eigenvalue weighted by atomic mass is 10.0. The third kappa shape index (κ3) is 2.89. The van der Waals surface area contributed by atoms with Crippen LogP contribution in [0, 0.1) is 5.92 Å². The Morgan fingerprint density at radius 3 is 2.57 bits per heavy atom. The number of benzene rings is 2. The molecule has 0 bridgehead atoms. The van der Waals surface area contributed by atoms with Crippen LogP contribution in [0.4, 0.5) is 0 Å². The van der Waals surface area contributed by atoms with Crippen LogP contribution in [0.25, 0.3) is 10.9 Å². The van der Waals surface area contributed by atoms with Gasteiger partial charge in [-0.25, -0.2) is 0 Å². The second-order valence-corrected chi connectivity index (χ2v) is 6.94. The van der Waals surface area contributed by atoms with E-state index in [2.05, 4.69) is 47.0 Å². The maximum absolute atomic E-state index is 6.28. The maximum Gasteiger partial charge on any atom is 0.0487 e. The zero-order valence-corrected chi connectivity index (χ0v) is 13.9. The third-order valence-corrected chi connectivity index (χ3v) is 5.04. The van der Waals surface area contributed by atoms with Gasteiger partial charge in [0.05, 0.1) is 0 Å². The second kappa shape index (κ2) is 6.03. The van der Waals surface area contributed by atoms with Gasteiger partial charge in [-0.3, -0.25) is 0 Å². The molecule has 2 aromatic carbocycles. The Kier molecular flexibility index (Phi) is 3.88. The van der Waals surface area contributed by atoms with Crippen LogP contribution in [0.15, 0.2) is 48.5 Å². The van der Waals surface area contributed by atoms with Crippen LogP contribution >= 0.6 is 11.6 Å². The SMILES string of the molecule is NCc1c(Cc2ccccc2)c2cc(Cl)ccc2n1CC1CC1. The normalized spacial score (nSPS) is 14.5. The molecule has 1 aliphatic carbocycles. The summed E-state index contributed by atoms with van der Waals surface area (Å²) in [5, 5.41) is 2.04. The summed E-state index contributed by atoms with van der Waals surface area (Å²) in [7, 11) is 0. The molecule has 3 aromatic rings. The van der Waals surface area contributed by atoms with Gasteiger partial charge in [-0.1, -0.05) is 41.9 Å². The molecule has 0 aliphatic heterocycles.